The zero-order valence-corrected chi connectivity index (χ0v) is 18.0. The van der Waals surface area contributed by atoms with E-state index in [9.17, 15) is 31.2 Å². The highest BCUT2D eigenvalue weighted by Gasteiger charge is 2.27. The lowest BCUT2D eigenvalue weighted by Gasteiger charge is -2.12. The number of hydrogen-bond donors (Lipinski definition) is 1. The second kappa shape index (κ2) is 10.6. The van der Waals surface area contributed by atoms with Crippen molar-refractivity contribution in [1.29, 1.82) is 0 Å². The van der Waals surface area contributed by atoms with E-state index in [1.807, 2.05) is 0 Å². The Morgan fingerprint density at radius 2 is 1.72 bits per heavy atom. The van der Waals surface area contributed by atoms with Crippen molar-refractivity contribution in [2.24, 2.45) is 0 Å². The molecule has 1 N–H and O–H groups in total. The first-order valence-electron chi connectivity index (χ1n) is 9.11. The molecule has 0 aliphatic rings. The van der Waals surface area contributed by atoms with Gasteiger partial charge in [-0.15, -0.1) is 0 Å². The van der Waals surface area contributed by atoms with Crippen molar-refractivity contribution in [3.8, 4) is 0 Å². The largest absolute Gasteiger partial charge is 0.452 e. The Balaban J connectivity index is 1.87. The molecule has 2 rings (SSSR count). The molecule has 0 aromatic heterocycles. The highest BCUT2D eigenvalue weighted by Crippen LogP contribution is 2.18. The Kier molecular flexibility index (Phi) is 8.36. The number of ether oxygens (including phenoxy) is 2. The van der Waals surface area contributed by atoms with Gasteiger partial charge in [0.05, 0.1) is 17.1 Å². The number of halogens is 3. The first-order chi connectivity index (χ1) is 14.9. The van der Waals surface area contributed by atoms with Gasteiger partial charge in [0.15, 0.2) is 6.61 Å². The lowest BCUT2D eigenvalue weighted by atomic mass is 10.1. The first kappa shape index (κ1) is 25.3. The van der Waals surface area contributed by atoms with Gasteiger partial charge in [-0.3, -0.25) is 4.79 Å². The number of nitrogens with one attached hydrogen (secondary N) is 1. The molecule has 12 heteroatoms. The number of carbonyl (C=O) groups is 2. The molecule has 32 heavy (non-hydrogen) atoms. The smallest absolute Gasteiger partial charge is 0.411 e. The number of anilines is 1. The third kappa shape index (κ3) is 7.62. The molecule has 2 aromatic rings. The third-order valence-corrected chi connectivity index (χ3v) is 5.77. The van der Waals surface area contributed by atoms with Crippen molar-refractivity contribution in [2.45, 2.75) is 17.7 Å². The molecule has 0 saturated heterocycles. The molecule has 0 atom stereocenters. The molecule has 0 unspecified atom stereocenters. The molecular weight excluding hydrogens is 453 g/mol. The molecule has 0 aliphatic carbocycles. The van der Waals surface area contributed by atoms with Gasteiger partial charge < -0.3 is 14.8 Å². The minimum Gasteiger partial charge on any atom is -0.452 e. The van der Waals surface area contributed by atoms with E-state index in [4.69, 9.17) is 4.74 Å². The number of amides is 1. The number of esters is 1. The van der Waals surface area contributed by atoms with Crippen LogP contribution in [0.4, 0.5) is 18.9 Å². The molecule has 0 radical (unpaired) electrons. The summed E-state index contributed by atoms with van der Waals surface area (Å²) in [6.07, 6.45) is -4.42. The zero-order chi connectivity index (χ0) is 23.9. The second-order valence-corrected chi connectivity index (χ2v) is 8.90. The minimum absolute atomic E-state index is 0.0170. The van der Waals surface area contributed by atoms with Crippen molar-refractivity contribution in [3.63, 3.8) is 0 Å². The van der Waals surface area contributed by atoms with Gasteiger partial charge in [0.2, 0.25) is 10.0 Å². The third-order valence-electron chi connectivity index (χ3n) is 3.95. The Morgan fingerprint density at radius 1 is 1.06 bits per heavy atom. The SMILES string of the molecule is CN(C)S(=O)(=O)c1cccc(NC(=O)COC(=O)c2ccc(COCC(F)(F)F)cc2)c1. The highest BCUT2D eigenvalue weighted by molar-refractivity contribution is 7.89. The lowest BCUT2D eigenvalue weighted by molar-refractivity contribution is -0.176. The zero-order valence-electron chi connectivity index (χ0n) is 17.2. The summed E-state index contributed by atoms with van der Waals surface area (Å²) in [5, 5.41) is 2.44. The normalized spacial score (nSPS) is 11.9. The maximum atomic E-state index is 12.2. The van der Waals surface area contributed by atoms with E-state index in [-0.39, 0.29) is 22.8 Å². The predicted octanol–water partition coefficient (Wildman–Crippen LogP) is 2.81. The maximum Gasteiger partial charge on any atom is 0.411 e. The summed E-state index contributed by atoms with van der Waals surface area (Å²) >= 11 is 0. The number of nitrogens with zero attached hydrogens (tertiary/aromatic N) is 1. The topological polar surface area (TPSA) is 102 Å². The number of benzene rings is 2. The Labute approximate surface area is 183 Å². The van der Waals surface area contributed by atoms with Gasteiger partial charge in [0.1, 0.15) is 6.61 Å². The summed E-state index contributed by atoms with van der Waals surface area (Å²) in [7, 11) is -0.928. The first-order valence-corrected chi connectivity index (χ1v) is 10.6. The number of carbonyl (C=O) groups excluding carboxylic acids is 2. The van der Waals surface area contributed by atoms with Crippen LogP contribution in [-0.4, -0.2) is 58.1 Å². The van der Waals surface area contributed by atoms with Gasteiger partial charge >= 0.3 is 12.1 Å². The lowest BCUT2D eigenvalue weighted by Crippen LogP contribution is -2.23. The molecular formula is C20H21F3N2O6S. The molecule has 0 bridgehead atoms. The average molecular weight is 474 g/mol. The van der Waals surface area contributed by atoms with E-state index < -0.39 is 41.3 Å². The van der Waals surface area contributed by atoms with Crippen LogP contribution in [0.2, 0.25) is 0 Å². The van der Waals surface area contributed by atoms with Gasteiger partial charge in [-0.25, -0.2) is 17.5 Å². The van der Waals surface area contributed by atoms with Crippen molar-refractivity contribution in [1.82, 2.24) is 4.31 Å². The quantitative estimate of drug-likeness (QED) is 0.561. The van der Waals surface area contributed by atoms with Crippen LogP contribution in [0.25, 0.3) is 0 Å². The van der Waals surface area contributed by atoms with Crippen LogP contribution in [0.15, 0.2) is 53.4 Å². The van der Waals surface area contributed by atoms with E-state index in [2.05, 4.69) is 10.1 Å². The molecule has 0 fully saturated rings. The van der Waals surface area contributed by atoms with Crippen molar-refractivity contribution < 1.29 is 40.7 Å². The van der Waals surface area contributed by atoms with Crippen LogP contribution in [-0.2, 0) is 30.9 Å². The maximum absolute atomic E-state index is 12.2. The van der Waals surface area contributed by atoms with Gasteiger partial charge in [0, 0.05) is 19.8 Å². The molecule has 0 aliphatic heterocycles. The molecule has 1 amide bonds. The van der Waals surface area contributed by atoms with Crippen molar-refractivity contribution >= 4 is 27.6 Å². The summed E-state index contributed by atoms with van der Waals surface area (Å²) in [5.74, 6) is -1.50. The van der Waals surface area contributed by atoms with Crippen LogP contribution in [0.1, 0.15) is 15.9 Å². The minimum atomic E-state index is -4.42. The molecule has 0 heterocycles. The van der Waals surface area contributed by atoms with Crippen LogP contribution < -0.4 is 5.32 Å². The van der Waals surface area contributed by atoms with Crippen molar-refractivity contribution in [3.05, 3.63) is 59.7 Å². The van der Waals surface area contributed by atoms with E-state index >= 15 is 0 Å². The Hall–Kier alpha value is -2.96. The highest BCUT2D eigenvalue weighted by atomic mass is 32.2. The van der Waals surface area contributed by atoms with E-state index in [0.29, 0.717) is 5.56 Å². The predicted molar refractivity (Wildman–Crippen MR) is 108 cm³/mol. The summed E-state index contributed by atoms with van der Waals surface area (Å²) < 4.78 is 71.0. The fraction of sp³-hybridized carbons (Fsp3) is 0.300. The summed E-state index contributed by atoms with van der Waals surface area (Å²) in [6.45, 7) is -2.28. The number of rotatable bonds is 9. The van der Waals surface area contributed by atoms with E-state index in [0.717, 1.165) is 4.31 Å². The Bertz CT molecular complexity index is 1050. The fourth-order valence-electron chi connectivity index (χ4n) is 2.38. The number of sulfonamides is 1. The van der Waals surface area contributed by atoms with Crippen molar-refractivity contribution in [2.75, 3.05) is 32.6 Å². The summed E-state index contributed by atoms with van der Waals surface area (Å²) in [4.78, 5) is 24.1. The molecule has 8 nitrogen and oxygen atoms in total. The fourth-order valence-corrected chi connectivity index (χ4v) is 3.33. The average Bonchev–Trinajstić information content (AvgIpc) is 2.71. The van der Waals surface area contributed by atoms with Gasteiger partial charge in [-0.1, -0.05) is 18.2 Å². The van der Waals surface area contributed by atoms with Crippen LogP contribution in [0, 0.1) is 0 Å². The molecule has 2 aromatic carbocycles. The van der Waals surface area contributed by atoms with E-state index in [1.165, 1.54) is 62.6 Å². The van der Waals surface area contributed by atoms with Gasteiger partial charge in [-0.05, 0) is 35.9 Å². The summed E-state index contributed by atoms with van der Waals surface area (Å²) in [6, 6.07) is 11.1. The van der Waals surface area contributed by atoms with Crippen LogP contribution in [0.3, 0.4) is 0 Å². The standard InChI is InChI=1S/C20H21F3N2O6S/c1-25(2)32(28,29)17-5-3-4-16(10-17)24-18(26)12-31-19(27)15-8-6-14(7-9-15)11-30-13-20(21,22)23/h3-10H,11-13H2,1-2H3,(H,24,26). The molecule has 174 valence electrons. The van der Waals surface area contributed by atoms with Gasteiger partial charge in [0.25, 0.3) is 5.91 Å². The van der Waals surface area contributed by atoms with Gasteiger partial charge in [-0.2, -0.15) is 13.2 Å². The van der Waals surface area contributed by atoms with E-state index in [1.54, 1.807) is 0 Å². The van der Waals surface area contributed by atoms with Crippen LogP contribution in [0.5, 0.6) is 0 Å². The second-order valence-electron chi connectivity index (χ2n) is 6.74. The monoisotopic (exact) mass is 474 g/mol. The molecule has 0 spiro atoms. The number of alkyl halides is 3. The summed E-state index contributed by atoms with van der Waals surface area (Å²) in [5.41, 5.74) is 0.727. The van der Waals surface area contributed by atoms with Crippen LogP contribution >= 0.6 is 0 Å². The number of hydrogen-bond acceptors (Lipinski definition) is 6. The molecule has 0 saturated carbocycles. The Morgan fingerprint density at radius 3 is 2.31 bits per heavy atom.